The first-order chi connectivity index (χ1) is 16.5. The Morgan fingerprint density at radius 1 is 1.18 bits per heavy atom. The second kappa shape index (κ2) is 11.3. The SMILES string of the molecule is CCCCSc1nc(NCCc2ccc(OC)cc2)c2ncn([C@@H]3O[C@H](CO)[C@@H](O)[C@H]3O)c2n1. The summed E-state index contributed by atoms with van der Waals surface area (Å²) in [6.07, 6.45) is 0.218. The van der Waals surface area contributed by atoms with Crippen LogP contribution in [0.5, 0.6) is 5.75 Å². The largest absolute Gasteiger partial charge is 0.497 e. The quantitative estimate of drug-likeness (QED) is 0.180. The van der Waals surface area contributed by atoms with Gasteiger partial charge in [-0.05, 0) is 30.5 Å². The van der Waals surface area contributed by atoms with Crippen LogP contribution in [0.4, 0.5) is 5.82 Å². The summed E-state index contributed by atoms with van der Waals surface area (Å²) in [6.45, 7) is 2.37. The molecule has 1 aromatic carbocycles. The summed E-state index contributed by atoms with van der Waals surface area (Å²) in [4.78, 5) is 13.8. The number of fused-ring (bicyclic) bond motifs is 1. The number of benzene rings is 1. The molecule has 0 radical (unpaired) electrons. The van der Waals surface area contributed by atoms with Gasteiger partial charge >= 0.3 is 0 Å². The van der Waals surface area contributed by atoms with E-state index in [-0.39, 0.29) is 0 Å². The van der Waals surface area contributed by atoms with E-state index in [1.54, 1.807) is 23.4 Å². The predicted octanol–water partition coefficient (Wildman–Crippen LogP) is 1.99. The van der Waals surface area contributed by atoms with Crippen LogP contribution in [0.15, 0.2) is 35.7 Å². The second-order valence-corrected chi connectivity index (χ2v) is 9.20. The molecule has 4 atom stereocenters. The molecule has 11 heteroatoms. The van der Waals surface area contributed by atoms with Crippen molar-refractivity contribution in [2.45, 2.75) is 55.9 Å². The van der Waals surface area contributed by atoms with Crippen molar-refractivity contribution in [3.63, 3.8) is 0 Å². The summed E-state index contributed by atoms with van der Waals surface area (Å²) in [5, 5.41) is 34.1. The van der Waals surface area contributed by atoms with Crippen molar-refractivity contribution in [1.29, 1.82) is 0 Å². The zero-order valence-corrected chi connectivity index (χ0v) is 20.1. The molecule has 1 aliphatic rings. The maximum Gasteiger partial charge on any atom is 0.191 e. The highest BCUT2D eigenvalue weighted by molar-refractivity contribution is 7.99. The van der Waals surface area contributed by atoms with E-state index < -0.39 is 31.1 Å². The van der Waals surface area contributed by atoms with Crippen LogP contribution in [0, 0.1) is 0 Å². The lowest BCUT2D eigenvalue weighted by atomic mass is 10.1. The Kier molecular flexibility index (Phi) is 8.22. The normalized spacial score (nSPS) is 22.4. The number of nitrogens with one attached hydrogen (secondary N) is 1. The molecular formula is C23H31N5O5S. The van der Waals surface area contributed by atoms with Crippen LogP contribution in [0.1, 0.15) is 31.6 Å². The molecule has 2 aromatic heterocycles. The molecule has 0 aliphatic carbocycles. The van der Waals surface area contributed by atoms with Crippen LogP contribution in [0.25, 0.3) is 11.2 Å². The Hall–Kier alpha value is -2.44. The molecule has 1 saturated heterocycles. The van der Waals surface area contributed by atoms with Crippen molar-refractivity contribution >= 4 is 28.7 Å². The fraction of sp³-hybridized carbons (Fsp3) is 0.522. The smallest absolute Gasteiger partial charge is 0.191 e. The lowest BCUT2D eigenvalue weighted by Gasteiger charge is -2.17. The van der Waals surface area contributed by atoms with E-state index in [0.717, 1.165) is 36.3 Å². The van der Waals surface area contributed by atoms with E-state index in [4.69, 9.17) is 9.47 Å². The molecule has 0 spiro atoms. The minimum Gasteiger partial charge on any atom is -0.497 e. The van der Waals surface area contributed by atoms with Crippen molar-refractivity contribution in [3.8, 4) is 5.75 Å². The van der Waals surface area contributed by atoms with Gasteiger partial charge in [0.25, 0.3) is 0 Å². The number of hydrogen-bond acceptors (Lipinski definition) is 10. The van der Waals surface area contributed by atoms with Gasteiger partial charge in [-0.15, -0.1) is 0 Å². The minimum atomic E-state index is -1.22. The molecule has 34 heavy (non-hydrogen) atoms. The van der Waals surface area contributed by atoms with Gasteiger partial charge in [0, 0.05) is 12.3 Å². The summed E-state index contributed by atoms with van der Waals surface area (Å²) >= 11 is 1.56. The number of thioether (sulfide) groups is 1. The molecule has 184 valence electrons. The van der Waals surface area contributed by atoms with Crippen molar-refractivity contribution < 1.29 is 24.8 Å². The van der Waals surface area contributed by atoms with Crippen molar-refractivity contribution in [2.75, 3.05) is 31.3 Å². The molecular weight excluding hydrogens is 458 g/mol. The summed E-state index contributed by atoms with van der Waals surface area (Å²) in [5.74, 6) is 2.30. The molecule has 0 unspecified atom stereocenters. The minimum absolute atomic E-state index is 0.396. The van der Waals surface area contributed by atoms with E-state index in [1.807, 2.05) is 24.3 Å². The third-order valence-corrected chi connectivity index (χ3v) is 6.72. The van der Waals surface area contributed by atoms with Gasteiger partial charge in [-0.3, -0.25) is 4.57 Å². The molecule has 1 aliphatic heterocycles. The van der Waals surface area contributed by atoms with Gasteiger partial charge in [-0.2, -0.15) is 0 Å². The van der Waals surface area contributed by atoms with Crippen LogP contribution >= 0.6 is 11.8 Å². The first-order valence-electron chi connectivity index (χ1n) is 11.4. The highest BCUT2D eigenvalue weighted by Gasteiger charge is 2.44. The average Bonchev–Trinajstić information content (AvgIpc) is 3.40. The van der Waals surface area contributed by atoms with E-state index in [1.165, 1.54) is 6.33 Å². The Labute approximate surface area is 202 Å². The van der Waals surface area contributed by atoms with Gasteiger partial charge in [-0.25, -0.2) is 15.0 Å². The maximum absolute atomic E-state index is 10.5. The Morgan fingerprint density at radius 3 is 2.65 bits per heavy atom. The van der Waals surface area contributed by atoms with Gasteiger partial charge in [0.15, 0.2) is 28.4 Å². The van der Waals surface area contributed by atoms with Crippen molar-refractivity contribution in [3.05, 3.63) is 36.2 Å². The second-order valence-electron chi connectivity index (χ2n) is 8.13. The third kappa shape index (κ3) is 5.28. The number of anilines is 1. The van der Waals surface area contributed by atoms with Gasteiger partial charge < -0.3 is 30.1 Å². The Balaban J connectivity index is 1.58. The average molecular weight is 490 g/mol. The van der Waals surface area contributed by atoms with Crippen LogP contribution in [0.2, 0.25) is 0 Å². The highest BCUT2D eigenvalue weighted by Crippen LogP contribution is 2.33. The van der Waals surface area contributed by atoms with Gasteiger partial charge in [0.1, 0.15) is 24.1 Å². The number of aliphatic hydroxyl groups excluding tert-OH is 3. The summed E-state index contributed by atoms with van der Waals surface area (Å²) in [6, 6.07) is 7.92. The molecule has 0 saturated carbocycles. The van der Waals surface area contributed by atoms with Gasteiger partial charge in [0.05, 0.1) is 20.0 Å². The summed E-state index contributed by atoms with van der Waals surface area (Å²) in [5.41, 5.74) is 2.20. The number of unbranched alkanes of at least 4 members (excludes halogenated alkanes) is 1. The fourth-order valence-electron chi connectivity index (χ4n) is 3.81. The molecule has 1 fully saturated rings. The lowest BCUT2D eigenvalue weighted by Crippen LogP contribution is -2.33. The number of ether oxygens (including phenoxy) is 2. The summed E-state index contributed by atoms with van der Waals surface area (Å²) < 4.78 is 12.5. The zero-order valence-electron chi connectivity index (χ0n) is 19.3. The molecule has 4 rings (SSSR count). The Bertz CT molecular complexity index is 1080. The molecule has 3 aromatic rings. The number of aliphatic hydroxyl groups is 3. The fourth-order valence-corrected chi connectivity index (χ4v) is 4.73. The molecule has 0 amide bonds. The maximum atomic E-state index is 10.5. The lowest BCUT2D eigenvalue weighted by molar-refractivity contribution is -0.0511. The summed E-state index contributed by atoms with van der Waals surface area (Å²) in [7, 11) is 1.65. The van der Waals surface area contributed by atoms with Crippen LogP contribution in [0.3, 0.4) is 0 Å². The zero-order chi connectivity index (χ0) is 24.1. The number of methoxy groups -OCH3 is 1. The molecule has 4 N–H and O–H groups in total. The van der Waals surface area contributed by atoms with E-state index in [9.17, 15) is 15.3 Å². The van der Waals surface area contributed by atoms with Crippen molar-refractivity contribution in [1.82, 2.24) is 19.5 Å². The van der Waals surface area contributed by atoms with E-state index in [0.29, 0.717) is 28.7 Å². The van der Waals surface area contributed by atoms with Crippen molar-refractivity contribution in [2.24, 2.45) is 0 Å². The van der Waals surface area contributed by atoms with Crippen LogP contribution < -0.4 is 10.1 Å². The number of rotatable bonds is 11. The molecule has 3 heterocycles. The van der Waals surface area contributed by atoms with E-state index in [2.05, 4.69) is 27.2 Å². The monoisotopic (exact) mass is 489 g/mol. The van der Waals surface area contributed by atoms with Gasteiger partial charge in [-0.1, -0.05) is 37.2 Å². The number of nitrogens with zero attached hydrogens (tertiary/aromatic N) is 4. The van der Waals surface area contributed by atoms with Crippen LogP contribution in [-0.2, 0) is 11.2 Å². The molecule has 10 nitrogen and oxygen atoms in total. The Morgan fingerprint density at radius 2 is 1.97 bits per heavy atom. The standard InChI is InChI=1S/C23H31N5O5S/c1-3-4-11-34-23-26-20(24-10-9-14-5-7-15(32-2)8-6-14)17-21(27-23)28(13-25-17)22-19(31)18(30)16(12-29)33-22/h5-8,13,16,18-19,22,29-31H,3-4,9-12H2,1-2H3,(H,24,26,27)/t16-,18-,19-,22-/m1/s1. The number of imidazole rings is 1. The van der Waals surface area contributed by atoms with E-state index >= 15 is 0 Å². The number of aromatic nitrogens is 4. The van der Waals surface area contributed by atoms with Crippen LogP contribution in [-0.4, -0.2) is 79.2 Å². The predicted molar refractivity (Wildman–Crippen MR) is 129 cm³/mol. The first kappa shape index (κ1) is 24.7. The first-order valence-corrected chi connectivity index (χ1v) is 12.4. The highest BCUT2D eigenvalue weighted by atomic mass is 32.2. The van der Waals surface area contributed by atoms with Gasteiger partial charge in [0.2, 0.25) is 0 Å². The topological polar surface area (TPSA) is 135 Å². The number of hydrogen-bond donors (Lipinski definition) is 4. The third-order valence-electron chi connectivity index (χ3n) is 5.79. The molecule has 0 bridgehead atoms.